The molecule has 0 aromatic rings. The van der Waals surface area contributed by atoms with Crippen molar-refractivity contribution in [1.82, 2.24) is 0 Å². The second kappa shape index (κ2) is 5.82. The number of ether oxygens (including phenoxy) is 1. The third-order valence-corrected chi connectivity index (χ3v) is 5.27. The number of rotatable bonds is 8. The van der Waals surface area contributed by atoms with Crippen LogP contribution in [0.15, 0.2) is 0 Å². The van der Waals surface area contributed by atoms with E-state index in [-0.39, 0.29) is 0 Å². The highest BCUT2D eigenvalue weighted by atomic mass is 28.4. The third-order valence-electron chi connectivity index (χ3n) is 2.44. The summed E-state index contributed by atoms with van der Waals surface area (Å²) in [6, 6.07) is 0.823. The second-order valence-electron chi connectivity index (χ2n) is 3.47. The summed E-state index contributed by atoms with van der Waals surface area (Å²) in [6.45, 7) is 0.787. The normalized spacial score (nSPS) is 17.4. The molecule has 0 aromatic carbocycles. The van der Waals surface area contributed by atoms with Crippen LogP contribution in [-0.4, -0.2) is 42.8 Å². The lowest BCUT2D eigenvalue weighted by Gasteiger charge is -2.24. The van der Waals surface area contributed by atoms with E-state index in [1.165, 1.54) is 12.8 Å². The summed E-state index contributed by atoms with van der Waals surface area (Å²) in [6.07, 6.45) is 3.92. The maximum atomic E-state index is 5.54. The molecule has 0 atom stereocenters. The van der Waals surface area contributed by atoms with Gasteiger partial charge in [-0.05, 0) is 19.3 Å². The molecular weight excluding hydrogens is 200 g/mol. The summed E-state index contributed by atoms with van der Waals surface area (Å²) in [5.74, 6) is 0. The van der Waals surface area contributed by atoms with E-state index in [1.54, 1.807) is 21.3 Å². The zero-order chi connectivity index (χ0) is 10.4. The molecule has 0 N–H and O–H groups in total. The molecule has 84 valence electrons. The SMILES string of the molecule is CO[Si](CCCOC1CC1)(OC)OC. The van der Waals surface area contributed by atoms with Gasteiger partial charge in [0, 0.05) is 34.0 Å². The molecule has 1 fully saturated rings. The van der Waals surface area contributed by atoms with E-state index in [1.807, 2.05) is 0 Å². The van der Waals surface area contributed by atoms with Gasteiger partial charge in [0.15, 0.2) is 0 Å². The van der Waals surface area contributed by atoms with Gasteiger partial charge in [-0.3, -0.25) is 0 Å². The molecular formula is C9H20O4Si. The smallest absolute Gasteiger partial charge is 0.378 e. The Morgan fingerprint density at radius 2 is 1.64 bits per heavy atom. The number of hydrogen-bond donors (Lipinski definition) is 0. The Labute approximate surface area is 86.9 Å². The molecule has 0 saturated heterocycles. The summed E-state index contributed by atoms with van der Waals surface area (Å²) in [4.78, 5) is 0. The molecule has 0 heterocycles. The van der Waals surface area contributed by atoms with Crippen molar-refractivity contribution in [3.8, 4) is 0 Å². The van der Waals surface area contributed by atoms with E-state index >= 15 is 0 Å². The molecule has 0 amide bonds. The average Bonchev–Trinajstić information content (AvgIpc) is 3.03. The molecule has 0 bridgehead atoms. The lowest BCUT2D eigenvalue weighted by Crippen LogP contribution is -2.42. The van der Waals surface area contributed by atoms with Gasteiger partial charge in [-0.2, -0.15) is 0 Å². The van der Waals surface area contributed by atoms with Gasteiger partial charge in [0.1, 0.15) is 0 Å². The van der Waals surface area contributed by atoms with Crippen LogP contribution in [0.4, 0.5) is 0 Å². The fourth-order valence-corrected chi connectivity index (χ4v) is 3.02. The van der Waals surface area contributed by atoms with E-state index in [0.717, 1.165) is 19.1 Å². The minimum absolute atomic E-state index is 0.527. The average molecular weight is 220 g/mol. The first kappa shape index (κ1) is 12.1. The molecule has 5 heteroatoms. The molecule has 0 spiro atoms. The standard InChI is InChI=1S/C9H20O4Si/c1-10-14(11-2,12-3)8-4-7-13-9-5-6-9/h9H,4-8H2,1-3H3. The lowest BCUT2D eigenvalue weighted by atomic mass is 10.5. The van der Waals surface area contributed by atoms with E-state index in [9.17, 15) is 0 Å². The Balaban J connectivity index is 2.11. The van der Waals surface area contributed by atoms with E-state index in [2.05, 4.69) is 0 Å². The topological polar surface area (TPSA) is 36.9 Å². The predicted octanol–water partition coefficient (Wildman–Crippen LogP) is 1.43. The van der Waals surface area contributed by atoms with Crippen LogP contribution in [0, 0.1) is 0 Å². The Morgan fingerprint density at radius 3 is 2.07 bits per heavy atom. The Bertz CT molecular complexity index is 149. The first-order valence-corrected chi connectivity index (χ1v) is 6.96. The highest BCUT2D eigenvalue weighted by molar-refractivity contribution is 6.60. The van der Waals surface area contributed by atoms with Crippen LogP contribution in [0.5, 0.6) is 0 Å². The maximum absolute atomic E-state index is 5.54. The summed E-state index contributed by atoms with van der Waals surface area (Å²) >= 11 is 0. The van der Waals surface area contributed by atoms with Gasteiger partial charge in [0.25, 0.3) is 0 Å². The molecule has 1 aliphatic rings. The zero-order valence-electron chi connectivity index (χ0n) is 9.25. The van der Waals surface area contributed by atoms with Crippen LogP contribution < -0.4 is 0 Å². The van der Waals surface area contributed by atoms with E-state index in [0.29, 0.717) is 6.10 Å². The highest BCUT2D eigenvalue weighted by Crippen LogP contribution is 2.24. The molecule has 1 rings (SSSR count). The molecule has 14 heavy (non-hydrogen) atoms. The van der Waals surface area contributed by atoms with Gasteiger partial charge in [-0.25, -0.2) is 0 Å². The van der Waals surface area contributed by atoms with Crippen LogP contribution in [0.2, 0.25) is 6.04 Å². The van der Waals surface area contributed by atoms with Crippen LogP contribution in [-0.2, 0) is 18.0 Å². The van der Waals surface area contributed by atoms with Crippen molar-refractivity contribution in [2.45, 2.75) is 31.4 Å². The van der Waals surface area contributed by atoms with Gasteiger partial charge in [0.2, 0.25) is 0 Å². The van der Waals surface area contributed by atoms with Crippen LogP contribution in [0.1, 0.15) is 19.3 Å². The lowest BCUT2D eigenvalue weighted by molar-refractivity contribution is 0.101. The minimum Gasteiger partial charge on any atom is -0.378 e. The summed E-state index contributed by atoms with van der Waals surface area (Å²) < 4.78 is 21.4. The number of hydrogen-bond acceptors (Lipinski definition) is 4. The van der Waals surface area contributed by atoms with Crippen LogP contribution >= 0.6 is 0 Å². The highest BCUT2D eigenvalue weighted by Gasteiger charge is 2.37. The monoisotopic (exact) mass is 220 g/mol. The zero-order valence-corrected chi connectivity index (χ0v) is 10.2. The second-order valence-corrected chi connectivity index (χ2v) is 6.56. The molecule has 1 saturated carbocycles. The van der Waals surface area contributed by atoms with Crippen molar-refractivity contribution in [2.75, 3.05) is 27.9 Å². The molecule has 0 unspecified atom stereocenters. The van der Waals surface area contributed by atoms with Gasteiger partial charge in [0.05, 0.1) is 6.10 Å². The third kappa shape index (κ3) is 3.66. The minimum atomic E-state index is -2.35. The van der Waals surface area contributed by atoms with Crippen molar-refractivity contribution < 1.29 is 18.0 Å². The van der Waals surface area contributed by atoms with Crippen molar-refractivity contribution in [2.24, 2.45) is 0 Å². The predicted molar refractivity (Wildman–Crippen MR) is 55.2 cm³/mol. The van der Waals surface area contributed by atoms with Crippen molar-refractivity contribution in [3.63, 3.8) is 0 Å². The van der Waals surface area contributed by atoms with E-state index in [4.69, 9.17) is 18.0 Å². The maximum Gasteiger partial charge on any atom is 0.500 e. The summed E-state index contributed by atoms with van der Waals surface area (Å²) in [5, 5.41) is 0. The van der Waals surface area contributed by atoms with Crippen molar-refractivity contribution in [3.05, 3.63) is 0 Å². The van der Waals surface area contributed by atoms with Crippen molar-refractivity contribution >= 4 is 8.80 Å². The Hall–Kier alpha value is 0.0569. The summed E-state index contributed by atoms with van der Waals surface area (Å²) in [7, 11) is 2.57. The van der Waals surface area contributed by atoms with Gasteiger partial charge in [-0.1, -0.05) is 0 Å². The van der Waals surface area contributed by atoms with E-state index < -0.39 is 8.80 Å². The molecule has 4 nitrogen and oxygen atoms in total. The quantitative estimate of drug-likeness (QED) is 0.458. The van der Waals surface area contributed by atoms with Gasteiger partial charge in [-0.15, -0.1) is 0 Å². The fraction of sp³-hybridized carbons (Fsp3) is 1.00. The molecule has 0 aliphatic heterocycles. The molecule has 1 aliphatic carbocycles. The largest absolute Gasteiger partial charge is 0.500 e. The fourth-order valence-electron chi connectivity index (χ4n) is 1.33. The van der Waals surface area contributed by atoms with Crippen molar-refractivity contribution in [1.29, 1.82) is 0 Å². The molecule has 0 aromatic heterocycles. The first-order valence-electron chi connectivity index (χ1n) is 5.03. The Morgan fingerprint density at radius 1 is 1.07 bits per heavy atom. The van der Waals surface area contributed by atoms with Gasteiger partial charge >= 0.3 is 8.80 Å². The Kier molecular flexibility index (Phi) is 5.04. The van der Waals surface area contributed by atoms with Crippen LogP contribution in [0.25, 0.3) is 0 Å². The first-order chi connectivity index (χ1) is 6.76. The summed E-state index contributed by atoms with van der Waals surface area (Å²) in [5.41, 5.74) is 0. The van der Waals surface area contributed by atoms with Gasteiger partial charge < -0.3 is 18.0 Å². The molecule has 0 radical (unpaired) electrons. The van der Waals surface area contributed by atoms with Crippen LogP contribution in [0.3, 0.4) is 0 Å².